The second-order valence-corrected chi connectivity index (χ2v) is 5.21. The number of hydrogen-bond acceptors (Lipinski definition) is 3. The van der Waals surface area contributed by atoms with E-state index in [1.807, 2.05) is 18.2 Å². The van der Waals surface area contributed by atoms with Gasteiger partial charge in [-0.1, -0.05) is 23.7 Å². The third-order valence-corrected chi connectivity index (χ3v) is 3.45. The van der Waals surface area contributed by atoms with E-state index in [0.717, 1.165) is 5.56 Å². The van der Waals surface area contributed by atoms with E-state index in [-0.39, 0.29) is 0 Å². The van der Waals surface area contributed by atoms with Crippen molar-refractivity contribution in [3.63, 3.8) is 0 Å². The molecule has 2 aromatic carbocycles. The van der Waals surface area contributed by atoms with E-state index >= 15 is 0 Å². The fourth-order valence-corrected chi connectivity index (χ4v) is 2.44. The molecule has 3 aromatic rings. The molecule has 1 heterocycles. The van der Waals surface area contributed by atoms with Crippen molar-refractivity contribution >= 4 is 40.0 Å². The van der Waals surface area contributed by atoms with Gasteiger partial charge in [0.25, 0.3) is 0 Å². The molecular formula is C16H12ClN3O2. The van der Waals surface area contributed by atoms with Gasteiger partial charge in [-0.2, -0.15) is 0 Å². The molecule has 4 N–H and O–H groups in total. The maximum atomic E-state index is 10.7. The SMILES string of the molecule is Nc1cc(-c2cccc(Cl)c2)nc2ccc(NC(=O)O)cc12. The summed E-state index contributed by atoms with van der Waals surface area (Å²) in [7, 11) is 0. The van der Waals surface area contributed by atoms with Gasteiger partial charge in [0, 0.05) is 27.3 Å². The van der Waals surface area contributed by atoms with Gasteiger partial charge < -0.3 is 10.8 Å². The second-order valence-electron chi connectivity index (χ2n) is 4.77. The number of carboxylic acid groups (broad SMARTS) is 1. The smallest absolute Gasteiger partial charge is 0.409 e. The van der Waals surface area contributed by atoms with Crippen molar-refractivity contribution in [3.8, 4) is 11.3 Å². The summed E-state index contributed by atoms with van der Waals surface area (Å²) in [6.45, 7) is 0. The first-order chi connectivity index (χ1) is 10.5. The number of pyridine rings is 1. The van der Waals surface area contributed by atoms with E-state index < -0.39 is 6.09 Å². The quantitative estimate of drug-likeness (QED) is 0.660. The standard InChI is InChI=1S/C16H12ClN3O2/c17-10-3-1-2-9(6-10)15-8-13(18)12-7-11(19-16(21)22)4-5-14(12)20-15/h1-8,19H,(H2,18,20)(H,21,22). The molecule has 6 heteroatoms. The lowest BCUT2D eigenvalue weighted by Gasteiger charge is -2.09. The van der Waals surface area contributed by atoms with E-state index in [1.54, 1.807) is 30.3 Å². The molecule has 0 radical (unpaired) electrons. The first-order valence-electron chi connectivity index (χ1n) is 6.49. The van der Waals surface area contributed by atoms with E-state index in [9.17, 15) is 4.79 Å². The van der Waals surface area contributed by atoms with Gasteiger partial charge in [-0.15, -0.1) is 0 Å². The highest BCUT2D eigenvalue weighted by Crippen LogP contribution is 2.29. The Hall–Kier alpha value is -2.79. The van der Waals surface area contributed by atoms with E-state index in [0.29, 0.717) is 33.0 Å². The average Bonchev–Trinajstić information content (AvgIpc) is 2.47. The summed E-state index contributed by atoms with van der Waals surface area (Å²) in [6.07, 6.45) is -1.12. The molecule has 0 atom stereocenters. The Bertz CT molecular complexity index is 880. The highest BCUT2D eigenvalue weighted by Gasteiger charge is 2.08. The van der Waals surface area contributed by atoms with Gasteiger partial charge in [0.2, 0.25) is 0 Å². The fraction of sp³-hybridized carbons (Fsp3) is 0. The lowest BCUT2D eigenvalue weighted by Crippen LogP contribution is -2.07. The van der Waals surface area contributed by atoms with Crippen molar-refractivity contribution in [2.45, 2.75) is 0 Å². The number of rotatable bonds is 2. The van der Waals surface area contributed by atoms with E-state index in [4.69, 9.17) is 22.4 Å². The number of nitrogens with one attached hydrogen (secondary N) is 1. The minimum absolute atomic E-state index is 0.448. The minimum Gasteiger partial charge on any atom is -0.465 e. The Morgan fingerprint density at radius 3 is 2.73 bits per heavy atom. The van der Waals surface area contributed by atoms with Gasteiger partial charge in [-0.3, -0.25) is 5.32 Å². The zero-order chi connectivity index (χ0) is 15.7. The number of aromatic nitrogens is 1. The summed E-state index contributed by atoms with van der Waals surface area (Å²) in [5.41, 5.74) is 9.32. The molecule has 22 heavy (non-hydrogen) atoms. The highest BCUT2D eigenvalue weighted by atomic mass is 35.5. The number of halogens is 1. The Morgan fingerprint density at radius 1 is 1.18 bits per heavy atom. The maximum Gasteiger partial charge on any atom is 0.409 e. The molecule has 0 spiro atoms. The molecule has 0 aliphatic heterocycles. The molecule has 3 rings (SSSR count). The third kappa shape index (κ3) is 2.80. The van der Waals surface area contributed by atoms with Crippen molar-refractivity contribution in [2.24, 2.45) is 0 Å². The van der Waals surface area contributed by atoms with Gasteiger partial charge in [-0.25, -0.2) is 9.78 Å². The monoisotopic (exact) mass is 313 g/mol. The van der Waals surface area contributed by atoms with Crippen LogP contribution in [-0.2, 0) is 0 Å². The predicted molar refractivity (Wildman–Crippen MR) is 88.2 cm³/mol. The van der Waals surface area contributed by atoms with Crippen molar-refractivity contribution in [3.05, 3.63) is 53.6 Å². The second kappa shape index (κ2) is 5.54. The Balaban J connectivity index is 2.11. The van der Waals surface area contributed by atoms with Crippen LogP contribution in [0.15, 0.2) is 48.5 Å². The van der Waals surface area contributed by atoms with Gasteiger partial charge in [0.15, 0.2) is 0 Å². The average molecular weight is 314 g/mol. The largest absolute Gasteiger partial charge is 0.465 e. The van der Waals surface area contributed by atoms with Crippen LogP contribution in [0.4, 0.5) is 16.2 Å². The molecule has 0 saturated heterocycles. The topological polar surface area (TPSA) is 88.2 Å². The van der Waals surface area contributed by atoms with Crippen LogP contribution in [0, 0.1) is 0 Å². The molecule has 0 unspecified atom stereocenters. The first-order valence-corrected chi connectivity index (χ1v) is 6.87. The normalized spacial score (nSPS) is 10.6. The van der Waals surface area contributed by atoms with E-state index in [1.165, 1.54) is 0 Å². The van der Waals surface area contributed by atoms with Crippen molar-refractivity contribution in [1.29, 1.82) is 0 Å². The number of nitrogens with zero attached hydrogens (tertiary/aromatic N) is 1. The van der Waals surface area contributed by atoms with Crippen molar-refractivity contribution in [2.75, 3.05) is 11.1 Å². The molecule has 0 aliphatic rings. The van der Waals surface area contributed by atoms with Gasteiger partial charge in [0.1, 0.15) is 0 Å². The maximum absolute atomic E-state index is 10.7. The zero-order valence-corrected chi connectivity index (χ0v) is 12.1. The summed E-state index contributed by atoms with van der Waals surface area (Å²) in [5, 5.41) is 12.4. The van der Waals surface area contributed by atoms with Crippen molar-refractivity contribution < 1.29 is 9.90 Å². The summed E-state index contributed by atoms with van der Waals surface area (Å²) >= 11 is 6.00. The number of nitrogen functional groups attached to an aromatic ring is 1. The lowest BCUT2D eigenvalue weighted by atomic mass is 10.1. The number of carbonyl (C=O) groups is 1. The first kappa shape index (κ1) is 14.2. The number of fused-ring (bicyclic) bond motifs is 1. The number of anilines is 2. The third-order valence-electron chi connectivity index (χ3n) is 3.21. The number of benzene rings is 2. The number of amides is 1. The lowest BCUT2D eigenvalue weighted by molar-refractivity contribution is 0.210. The van der Waals surface area contributed by atoms with Crippen LogP contribution >= 0.6 is 11.6 Å². The number of hydrogen-bond donors (Lipinski definition) is 3. The molecule has 5 nitrogen and oxygen atoms in total. The number of nitrogens with two attached hydrogens (primary N) is 1. The molecule has 0 fully saturated rings. The summed E-state index contributed by atoms with van der Waals surface area (Å²) in [6, 6.07) is 14.1. The van der Waals surface area contributed by atoms with Crippen LogP contribution in [0.1, 0.15) is 0 Å². The van der Waals surface area contributed by atoms with Crippen LogP contribution < -0.4 is 11.1 Å². The van der Waals surface area contributed by atoms with Gasteiger partial charge in [-0.05, 0) is 36.4 Å². The molecule has 110 valence electrons. The Morgan fingerprint density at radius 2 is 2.00 bits per heavy atom. The van der Waals surface area contributed by atoms with Gasteiger partial charge >= 0.3 is 6.09 Å². The Labute approximate surface area is 131 Å². The highest BCUT2D eigenvalue weighted by molar-refractivity contribution is 6.30. The van der Waals surface area contributed by atoms with E-state index in [2.05, 4.69) is 10.3 Å². The Kier molecular flexibility index (Phi) is 3.56. The molecular weight excluding hydrogens is 302 g/mol. The van der Waals surface area contributed by atoms with Crippen LogP contribution in [0.2, 0.25) is 5.02 Å². The van der Waals surface area contributed by atoms with Crippen LogP contribution in [-0.4, -0.2) is 16.2 Å². The molecule has 0 aliphatic carbocycles. The molecule has 1 amide bonds. The van der Waals surface area contributed by atoms with Crippen LogP contribution in [0.5, 0.6) is 0 Å². The summed E-state index contributed by atoms with van der Waals surface area (Å²) in [4.78, 5) is 15.2. The minimum atomic E-state index is -1.12. The predicted octanol–water partition coefficient (Wildman–Crippen LogP) is 4.23. The summed E-state index contributed by atoms with van der Waals surface area (Å²) in [5.74, 6) is 0. The van der Waals surface area contributed by atoms with Gasteiger partial charge in [0.05, 0.1) is 11.2 Å². The molecule has 0 bridgehead atoms. The summed E-state index contributed by atoms with van der Waals surface area (Å²) < 4.78 is 0. The fourth-order valence-electron chi connectivity index (χ4n) is 2.25. The molecule has 0 saturated carbocycles. The van der Waals surface area contributed by atoms with Crippen LogP contribution in [0.25, 0.3) is 22.2 Å². The molecule has 1 aromatic heterocycles. The van der Waals surface area contributed by atoms with Crippen LogP contribution in [0.3, 0.4) is 0 Å². The van der Waals surface area contributed by atoms with Crippen molar-refractivity contribution in [1.82, 2.24) is 4.98 Å². The zero-order valence-electron chi connectivity index (χ0n) is 11.4.